The Kier molecular flexibility index (Phi) is 6.34. The Balaban J connectivity index is 1.52. The van der Waals surface area contributed by atoms with Crippen molar-refractivity contribution < 1.29 is 9.59 Å². The molecule has 0 bridgehead atoms. The highest BCUT2D eigenvalue weighted by molar-refractivity contribution is 6.05. The van der Waals surface area contributed by atoms with Gasteiger partial charge in [0.25, 0.3) is 0 Å². The number of carbonyl (C=O) groups excluding carboxylic acids is 2. The lowest BCUT2D eigenvalue weighted by Gasteiger charge is -2.57. The summed E-state index contributed by atoms with van der Waals surface area (Å²) in [5.74, 6) is 5.55. The lowest BCUT2D eigenvalue weighted by atomic mass is 9.46. The minimum absolute atomic E-state index is 0.0510. The Hall–Kier alpha value is -0.920. The monoisotopic (exact) mass is 426 g/mol. The number of fused-ring (bicyclic) bond motifs is 5. The van der Waals surface area contributed by atoms with Crippen molar-refractivity contribution in [2.24, 2.45) is 52.3 Å². The first-order valence-electron chi connectivity index (χ1n) is 13.4. The molecule has 0 aromatic carbocycles. The van der Waals surface area contributed by atoms with Gasteiger partial charge in [0, 0.05) is 18.4 Å². The van der Waals surface area contributed by atoms with E-state index in [2.05, 4.69) is 41.5 Å². The quantitative estimate of drug-likeness (QED) is 0.443. The van der Waals surface area contributed by atoms with Gasteiger partial charge >= 0.3 is 0 Å². The molecule has 2 unspecified atom stereocenters. The summed E-state index contributed by atoms with van der Waals surface area (Å²) in [5.41, 5.74) is 1.24. The molecule has 0 radical (unpaired) electrons. The normalized spacial score (nSPS) is 42.0. The van der Waals surface area contributed by atoms with Crippen LogP contribution < -0.4 is 0 Å². The van der Waals surface area contributed by atoms with Gasteiger partial charge in [-0.1, -0.05) is 54.4 Å². The predicted molar refractivity (Wildman–Crippen MR) is 128 cm³/mol. The maximum atomic E-state index is 13.2. The molecule has 31 heavy (non-hydrogen) atoms. The number of rotatable bonds is 6. The Labute approximate surface area is 191 Å². The summed E-state index contributed by atoms with van der Waals surface area (Å²) < 4.78 is 0. The molecule has 0 aromatic heterocycles. The van der Waals surface area contributed by atoms with Crippen LogP contribution in [0.5, 0.6) is 0 Å². The van der Waals surface area contributed by atoms with Crippen molar-refractivity contribution in [3.63, 3.8) is 0 Å². The van der Waals surface area contributed by atoms with Gasteiger partial charge < -0.3 is 0 Å². The highest BCUT2D eigenvalue weighted by Crippen LogP contribution is 2.67. The maximum absolute atomic E-state index is 13.2. The zero-order valence-corrected chi connectivity index (χ0v) is 21.0. The van der Waals surface area contributed by atoms with Crippen molar-refractivity contribution in [1.82, 2.24) is 0 Å². The summed E-state index contributed by atoms with van der Waals surface area (Å²) in [6, 6.07) is 0. The third-order valence-corrected chi connectivity index (χ3v) is 11.0. The second-order valence-corrected chi connectivity index (χ2v) is 12.6. The number of carbonyl (C=O) groups is 2. The highest BCUT2D eigenvalue weighted by Gasteiger charge is 2.61. The van der Waals surface area contributed by atoms with Crippen LogP contribution >= 0.6 is 0 Å². The number of allylic oxidation sites excluding steroid dienone is 1. The fourth-order valence-electron chi connectivity index (χ4n) is 9.05. The average molecular weight is 427 g/mol. The summed E-state index contributed by atoms with van der Waals surface area (Å²) in [7, 11) is 0. The molecule has 0 amide bonds. The van der Waals surface area contributed by atoms with Crippen LogP contribution in [-0.2, 0) is 9.59 Å². The van der Waals surface area contributed by atoms with E-state index < -0.39 is 0 Å². The van der Waals surface area contributed by atoms with E-state index in [1.165, 1.54) is 44.9 Å². The van der Waals surface area contributed by atoms with Gasteiger partial charge in [-0.25, -0.2) is 0 Å². The number of ketones is 2. The molecule has 4 aliphatic carbocycles. The van der Waals surface area contributed by atoms with Crippen LogP contribution in [-0.4, -0.2) is 11.6 Å². The molecule has 8 atom stereocenters. The van der Waals surface area contributed by atoms with Crippen LogP contribution in [0.15, 0.2) is 11.6 Å². The summed E-state index contributed by atoms with van der Waals surface area (Å²) in [6.07, 6.45) is 13.2. The molecule has 2 heteroatoms. The molecule has 0 spiro atoms. The molecule has 0 heterocycles. The van der Waals surface area contributed by atoms with E-state index in [1.54, 1.807) is 6.08 Å². The van der Waals surface area contributed by atoms with E-state index in [1.807, 2.05) is 0 Å². The van der Waals surface area contributed by atoms with E-state index in [4.69, 9.17) is 0 Å². The van der Waals surface area contributed by atoms with Crippen LogP contribution in [0.4, 0.5) is 0 Å². The first-order chi connectivity index (χ1) is 14.6. The van der Waals surface area contributed by atoms with Crippen LogP contribution in [0.25, 0.3) is 0 Å². The van der Waals surface area contributed by atoms with Crippen LogP contribution in [0.3, 0.4) is 0 Å². The lowest BCUT2D eigenvalue weighted by molar-refractivity contribution is -0.131. The number of hydrogen-bond donors (Lipinski definition) is 0. The van der Waals surface area contributed by atoms with Crippen molar-refractivity contribution in [3.8, 4) is 0 Å². The van der Waals surface area contributed by atoms with Gasteiger partial charge in [-0.15, -0.1) is 0 Å². The molecule has 2 nitrogen and oxygen atoms in total. The van der Waals surface area contributed by atoms with Crippen LogP contribution in [0, 0.1) is 52.3 Å². The second kappa shape index (κ2) is 8.45. The van der Waals surface area contributed by atoms with E-state index >= 15 is 0 Å². The van der Waals surface area contributed by atoms with Gasteiger partial charge in [-0.05, 0) is 96.9 Å². The molecule has 3 saturated carbocycles. The SMILES string of the molecule is CC[C@H](CC[C@@H](C)[C@H]1CCC2[C@@H]3CC(=O)C4=CC(=O)CC[C@]4(C)C3CC[C@@]21C)C(C)C. The molecule has 174 valence electrons. The highest BCUT2D eigenvalue weighted by atomic mass is 16.1. The van der Waals surface area contributed by atoms with Crippen molar-refractivity contribution in [3.05, 3.63) is 11.6 Å². The van der Waals surface area contributed by atoms with Gasteiger partial charge in [0.05, 0.1) is 0 Å². The van der Waals surface area contributed by atoms with E-state index in [-0.39, 0.29) is 11.2 Å². The third-order valence-electron chi connectivity index (χ3n) is 11.0. The van der Waals surface area contributed by atoms with Gasteiger partial charge in [0.2, 0.25) is 0 Å². The first kappa shape index (κ1) is 23.2. The first-order valence-corrected chi connectivity index (χ1v) is 13.4. The molecule has 3 fully saturated rings. The molecular formula is C29H46O2. The van der Waals surface area contributed by atoms with E-state index in [0.717, 1.165) is 35.7 Å². The molecule has 0 saturated heterocycles. The van der Waals surface area contributed by atoms with Gasteiger partial charge in [-0.3, -0.25) is 9.59 Å². The van der Waals surface area contributed by atoms with Gasteiger partial charge in [-0.2, -0.15) is 0 Å². The average Bonchev–Trinajstić information content (AvgIpc) is 3.07. The second-order valence-electron chi connectivity index (χ2n) is 12.6. The summed E-state index contributed by atoms with van der Waals surface area (Å²) >= 11 is 0. The summed E-state index contributed by atoms with van der Waals surface area (Å²) in [4.78, 5) is 25.3. The molecular weight excluding hydrogens is 380 g/mol. The van der Waals surface area contributed by atoms with Crippen molar-refractivity contribution in [2.45, 2.75) is 106 Å². The molecule has 0 aromatic rings. The fraction of sp³-hybridized carbons (Fsp3) is 0.862. The zero-order chi connectivity index (χ0) is 22.6. The standard InChI is InChI=1S/C29H46O2/c1-7-20(18(2)3)9-8-19(4)23-10-11-24-22-17-27(31)26-16-21(30)12-14-29(26,6)25(22)13-15-28(23,24)5/h16,18-20,22-25H,7-15,17H2,1-6H3/t19-,20-,22+,23-,24?,25?,28-,29-/m1/s1. The Morgan fingerprint density at radius 3 is 2.42 bits per heavy atom. The topological polar surface area (TPSA) is 34.1 Å². The maximum Gasteiger partial charge on any atom is 0.159 e. The minimum atomic E-state index is -0.0510. The molecule has 4 aliphatic rings. The molecule has 4 rings (SSSR count). The van der Waals surface area contributed by atoms with Crippen molar-refractivity contribution >= 4 is 11.6 Å². The Morgan fingerprint density at radius 1 is 1.00 bits per heavy atom. The van der Waals surface area contributed by atoms with E-state index in [0.29, 0.717) is 41.8 Å². The van der Waals surface area contributed by atoms with E-state index in [9.17, 15) is 9.59 Å². The lowest BCUT2D eigenvalue weighted by Crippen LogP contribution is -2.53. The van der Waals surface area contributed by atoms with Crippen LogP contribution in [0.1, 0.15) is 106 Å². The summed E-state index contributed by atoms with van der Waals surface area (Å²) in [6.45, 7) is 14.5. The Morgan fingerprint density at radius 2 is 1.74 bits per heavy atom. The number of Topliss-reactive ketones (excluding diaryl/α,β-unsaturated/α-hetero) is 1. The fourth-order valence-corrected chi connectivity index (χ4v) is 9.05. The van der Waals surface area contributed by atoms with Gasteiger partial charge in [0.15, 0.2) is 11.6 Å². The molecule has 0 N–H and O–H groups in total. The van der Waals surface area contributed by atoms with Crippen LogP contribution in [0.2, 0.25) is 0 Å². The smallest absolute Gasteiger partial charge is 0.159 e. The van der Waals surface area contributed by atoms with Crippen molar-refractivity contribution in [1.29, 1.82) is 0 Å². The number of hydrogen-bond acceptors (Lipinski definition) is 2. The largest absolute Gasteiger partial charge is 0.295 e. The minimum Gasteiger partial charge on any atom is -0.295 e. The molecule has 0 aliphatic heterocycles. The predicted octanol–water partition coefficient (Wildman–Crippen LogP) is 7.41. The summed E-state index contributed by atoms with van der Waals surface area (Å²) in [5, 5.41) is 0. The zero-order valence-electron chi connectivity index (χ0n) is 21.0. The third kappa shape index (κ3) is 3.78. The Bertz CT molecular complexity index is 748. The van der Waals surface area contributed by atoms with Gasteiger partial charge in [0.1, 0.15) is 0 Å². The van der Waals surface area contributed by atoms with Crippen molar-refractivity contribution in [2.75, 3.05) is 0 Å².